The van der Waals surface area contributed by atoms with Crippen LogP contribution in [0.25, 0.3) is 11.3 Å². The first-order valence-electron chi connectivity index (χ1n) is 6.34. The Kier molecular flexibility index (Phi) is 4.65. The van der Waals surface area contributed by atoms with Crippen molar-refractivity contribution in [3.8, 4) is 11.3 Å². The van der Waals surface area contributed by atoms with Crippen molar-refractivity contribution in [1.29, 1.82) is 0 Å². The molecule has 3 aromatic heterocycles. The minimum Gasteiger partial charge on any atom is -0.466 e. The summed E-state index contributed by atoms with van der Waals surface area (Å²) >= 11 is 1.57. The molecule has 3 rings (SSSR count). The van der Waals surface area contributed by atoms with Crippen LogP contribution in [0.3, 0.4) is 0 Å². The van der Waals surface area contributed by atoms with E-state index in [-0.39, 0.29) is 12.4 Å². The van der Waals surface area contributed by atoms with Gasteiger partial charge in [-0.05, 0) is 38.5 Å². The molecule has 0 aliphatic rings. The second-order valence-corrected chi connectivity index (χ2v) is 5.54. The summed E-state index contributed by atoms with van der Waals surface area (Å²) in [5, 5.41) is 6.19. The Labute approximate surface area is 133 Å². The molecule has 4 nitrogen and oxygen atoms in total. The summed E-state index contributed by atoms with van der Waals surface area (Å²) in [5.74, 6) is 1.81. The van der Waals surface area contributed by atoms with Crippen LogP contribution in [-0.2, 0) is 0 Å². The number of hydrogen-bond donors (Lipinski definition) is 1. The molecule has 3 aromatic rings. The van der Waals surface area contributed by atoms with Crippen LogP contribution in [0.1, 0.15) is 17.1 Å². The Morgan fingerprint density at radius 2 is 2.05 bits per heavy atom. The lowest BCUT2D eigenvalue weighted by Gasteiger charge is -2.04. The molecular formula is C15H16ClN3OS. The van der Waals surface area contributed by atoms with Crippen molar-refractivity contribution in [2.45, 2.75) is 20.8 Å². The van der Waals surface area contributed by atoms with E-state index in [9.17, 15) is 0 Å². The average molecular weight is 322 g/mol. The number of aryl methyl sites for hydroxylation is 3. The monoisotopic (exact) mass is 321 g/mol. The quantitative estimate of drug-likeness (QED) is 0.746. The molecule has 110 valence electrons. The normalized spacial score (nSPS) is 10.2. The Bertz CT molecular complexity index is 751. The van der Waals surface area contributed by atoms with Crippen LogP contribution in [0.15, 0.2) is 34.3 Å². The van der Waals surface area contributed by atoms with Gasteiger partial charge in [0.2, 0.25) is 0 Å². The summed E-state index contributed by atoms with van der Waals surface area (Å²) in [6, 6.07) is 3.99. The summed E-state index contributed by atoms with van der Waals surface area (Å²) in [6.07, 6.45) is 3.59. The van der Waals surface area contributed by atoms with Crippen molar-refractivity contribution in [2.75, 3.05) is 5.32 Å². The molecule has 0 bridgehead atoms. The average Bonchev–Trinajstić information content (AvgIpc) is 2.99. The van der Waals surface area contributed by atoms with Gasteiger partial charge in [-0.25, -0.2) is 4.98 Å². The van der Waals surface area contributed by atoms with Gasteiger partial charge in [0.15, 0.2) is 5.13 Å². The van der Waals surface area contributed by atoms with Crippen molar-refractivity contribution in [2.24, 2.45) is 0 Å². The van der Waals surface area contributed by atoms with Gasteiger partial charge in [0.05, 0.1) is 17.6 Å². The van der Waals surface area contributed by atoms with Crippen LogP contribution in [-0.4, -0.2) is 9.97 Å². The standard InChI is InChI=1S/C15H15N3OS.ClH/c1-9-4-5-16-7-13(9)17-15-18-14(8-20-15)12-6-10(2)19-11(12)3;/h4-8H,1-3H3,(H,17,18);1H. The molecule has 0 fully saturated rings. The lowest BCUT2D eigenvalue weighted by molar-refractivity contribution is 0.505. The Morgan fingerprint density at radius 1 is 1.24 bits per heavy atom. The van der Waals surface area contributed by atoms with E-state index in [0.717, 1.165) is 39.2 Å². The Hall–Kier alpha value is -1.85. The van der Waals surface area contributed by atoms with E-state index in [1.54, 1.807) is 17.5 Å². The predicted molar refractivity (Wildman–Crippen MR) is 88.8 cm³/mol. The van der Waals surface area contributed by atoms with Gasteiger partial charge in [-0.15, -0.1) is 23.7 Å². The van der Waals surface area contributed by atoms with Gasteiger partial charge >= 0.3 is 0 Å². The van der Waals surface area contributed by atoms with Gasteiger partial charge in [-0.3, -0.25) is 4.98 Å². The third-order valence-corrected chi connectivity index (χ3v) is 3.86. The number of nitrogens with one attached hydrogen (secondary N) is 1. The largest absolute Gasteiger partial charge is 0.466 e. The summed E-state index contributed by atoms with van der Waals surface area (Å²) < 4.78 is 5.55. The molecule has 0 aromatic carbocycles. The van der Waals surface area contributed by atoms with E-state index >= 15 is 0 Å². The molecule has 1 N–H and O–H groups in total. The number of halogens is 1. The fourth-order valence-corrected chi connectivity index (χ4v) is 2.77. The van der Waals surface area contributed by atoms with Crippen molar-refractivity contribution < 1.29 is 4.42 Å². The Balaban J connectivity index is 0.00000161. The zero-order valence-corrected chi connectivity index (χ0v) is 13.6. The van der Waals surface area contributed by atoms with Crippen molar-refractivity contribution >= 4 is 34.6 Å². The van der Waals surface area contributed by atoms with Crippen LogP contribution in [0, 0.1) is 20.8 Å². The molecule has 21 heavy (non-hydrogen) atoms. The fraction of sp³-hybridized carbons (Fsp3) is 0.200. The van der Waals surface area contributed by atoms with Crippen molar-refractivity contribution in [3.63, 3.8) is 0 Å². The second-order valence-electron chi connectivity index (χ2n) is 4.68. The van der Waals surface area contributed by atoms with Crippen LogP contribution >= 0.6 is 23.7 Å². The maximum absolute atomic E-state index is 5.55. The van der Waals surface area contributed by atoms with Crippen LogP contribution in [0.2, 0.25) is 0 Å². The highest BCUT2D eigenvalue weighted by molar-refractivity contribution is 7.14. The number of hydrogen-bond acceptors (Lipinski definition) is 5. The molecule has 0 atom stereocenters. The maximum atomic E-state index is 5.55. The molecule has 0 spiro atoms. The third-order valence-electron chi connectivity index (χ3n) is 3.10. The number of pyridine rings is 1. The van der Waals surface area contributed by atoms with E-state index in [1.165, 1.54) is 0 Å². The number of anilines is 2. The highest BCUT2D eigenvalue weighted by atomic mass is 35.5. The third kappa shape index (κ3) is 3.25. The Morgan fingerprint density at radius 3 is 2.71 bits per heavy atom. The maximum Gasteiger partial charge on any atom is 0.187 e. The molecule has 0 aliphatic heterocycles. The number of thiazole rings is 1. The molecule has 0 radical (unpaired) electrons. The molecule has 0 saturated carbocycles. The van der Waals surface area contributed by atoms with Gasteiger partial charge < -0.3 is 9.73 Å². The van der Waals surface area contributed by atoms with E-state index in [4.69, 9.17) is 4.42 Å². The van der Waals surface area contributed by atoms with Crippen LogP contribution < -0.4 is 5.32 Å². The first kappa shape index (κ1) is 15.5. The molecule has 0 amide bonds. The first-order chi connectivity index (χ1) is 9.63. The van der Waals surface area contributed by atoms with E-state index in [0.29, 0.717) is 0 Å². The lowest BCUT2D eigenvalue weighted by atomic mass is 10.2. The minimum absolute atomic E-state index is 0. The van der Waals surface area contributed by atoms with Gasteiger partial charge in [-0.2, -0.15) is 0 Å². The van der Waals surface area contributed by atoms with Gasteiger partial charge in [0, 0.05) is 17.1 Å². The van der Waals surface area contributed by atoms with E-state index in [1.807, 2.05) is 44.5 Å². The predicted octanol–water partition coefficient (Wildman–Crippen LogP) is 4.89. The highest BCUT2D eigenvalue weighted by Gasteiger charge is 2.11. The first-order valence-corrected chi connectivity index (χ1v) is 7.22. The molecular weight excluding hydrogens is 306 g/mol. The highest BCUT2D eigenvalue weighted by Crippen LogP contribution is 2.31. The summed E-state index contributed by atoms with van der Waals surface area (Å²) in [5.41, 5.74) is 4.11. The number of furan rings is 1. The zero-order chi connectivity index (χ0) is 14.1. The molecule has 0 aliphatic carbocycles. The molecule has 6 heteroatoms. The number of nitrogens with zero attached hydrogens (tertiary/aromatic N) is 2. The van der Waals surface area contributed by atoms with Gasteiger partial charge in [0.1, 0.15) is 11.5 Å². The van der Waals surface area contributed by atoms with Crippen LogP contribution in [0.5, 0.6) is 0 Å². The van der Waals surface area contributed by atoms with E-state index < -0.39 is 0 Å². The van der Waals surface area contributed by atoms with Gasteiger partial charge in [-0.1, -0.05) is 0 Å². The number of aromatic nitrogens is 2. The van der Waals surface area contributed by atoms with Gasteiger partial charge in [0.25, 0.3) is 0 Å². The van der Waals surface area contributed by atoms with Crippen molar-refractivity contribution in [3.05, 3.63) is 47.0 Å². The summed E-state index contributed by atoms with van der Waals surface area (Å²) in [7, 11) is 0. The fourth-order valence-electron chi connectivity index (χ4n) is 2.05. The molecule has 0 unspecified atom stereocenters. The lowest BCUT2D eigenvalue weighted by Crippen LogP contribution is -1.93. The number of rotatable bonds is 3. The topological polar surface area (TPSA) is 51.0 Å². The summed E-state index contributed by atoms with van der Waals surface area (Å²) in [4.78, 5) is 8.73. The summed E-state index contributed by atoms with van der Waals surface area (Å²) in [6.45, 7) is 5.95. The minimum atomic E-state index is 0. The smallest absolute Gasteiger partial charge is 0.187 e. The van der Waals surface area contributed by atoms with E-state index in [2.05, 4.69) is 15.3 Å². The molecule has 3 heterocycles. The zero-order valence-electron chi connectivity index (χ0n) is 12.0. The SMILES string of the molecule is Cc1cc(-c2csc(Nc3cnccc3C)n2)c(C)o1.Cl. The second kappa shape index (κ2) is 6.28. The molecule has 0 saturated heterocycles. The van der Waals surface area contributed by atoms with Crippen molar-refractivity contribution in [1.82, 2.24) is 9.97 Å². The van der Waals surface area contributed by atoms with Crippen LogP contribution in [0.4, 0.5) is 10.8 Å².